The lowest BCUT2D eigenvalue weighted by Gasteiger charge is -2.08. The van der Waals surface area contributed by atoms with E-state index in [0.717, 1.165) is 5.56 Å². The molecule has 2 rings (SSSR count). The first-order valence-corrected chi connectivity index (χ1v) is 6.68. The molecule has 98 valence electrons. The van der Waals surface area contributed by atoms with E-state index < -0.39 is 0 Å². The van der Waals surface area contributed by atoms with Crippen LogP contribution in [0.4, 0.5) is 0 Å². The largest absolute Gasteiger partial charge is 0.348 e. The van der Waals surface area contributed by atoms with Crippen molar-refractivity contribution in [3.8, 4) is 0 Å². The van der Waals surface area contributed by atoms with Gasteiger partial charge >= 0.3 is 0 Å². The number of hydrogen-bond donors (Lipinski definition) is 1. The van der Waals surface area contributed by atoms with Crippen molar-refractivity contribution in [1.82, 2.24) is 5.32 Å². The Bertz CT molecular complexity index is 613. The maximum Gasteiger partial charge on any atom is 0.253 e. The highest BCUT2D eigenvalue weighted by Gasteiger charge is 2.10. The van der Waals surface area contributed by atoms with Gasteiger partial charge in [-0.25, -0.2) is 0 Å². The van der Waals surface area contributed by atoms with Gasteiger partial charge in [-0.3, -0.25) is 4.79 Å². The molecule has 5 heteroatoms. The lowest BCUT2D eigenvalue weighted by Crippen LogP contribution is -2.23. The van der Waals surface area contributed by atoms with Crippen LogP contribution in [0.15, 0.2) is 42.5 Å². The molecule has 19 heavy (non-hydrogen) atoms. The highest BCUT2D eigenvalue weighted by molar-refractivity contribution is 6.36. The minimum Gasteiger partial charge on any atom is -0.348 e. The van der Waals surface area contributed by atoms with Crippen LogP contribution in [0.3, 0.4) is 0 Å². The summed E-state index contributed by atoms with van der Waals surface area (Å²) < 4.78 is 0. The Hall–Kier alpha value is -1.22. The van der Waals surface area contributed by atoms with Crippen LogP contribution in [0.2, 0.25) is 15.1 Å². The van der Waals surface area contributed by atoms with Crippen LogP contribution in [0.25, 0.3) is 0 Å². The zero-order chi connectivity index (χ0) is 13.8. The Kier molecular flexibility index (Phi) is 4.70. The minimum atomic E-state index is -0.262. The van der Waals surface area contributed by atoms with Gasteiger partial charge < -0.3 is 5.32 Å². The quantitative estimate of drug-likeness (QED) is 0.883. The highest BCUT2D eigenvalue weighted by atomic mass is 35.5. The Labute approximate surface area is 126 Å². The van der Waals surface area contributed by atoms with E-state index >= 15 is 0 Å². The van der Waals surface area contributed by atoms with Crippen molar-refractivity contribution in [1.29, 1.82) is 0 Å². The van der Waals surface area contributed by atoms with Crippen LogP contribution in [0.1, 0.15) is 15.9 Å². The SMILES string of the molecule is O=C(NCc1ccccc1Cl)c1ccc(Cl)cc1Cl. The van der Waals surface area contributed by atoms with Gasteiger partial charge in [0.1, 0.15) is 0 Å². The molecule has 0 bridgehead atoms. The lowest BCUT2D eigenvalue weighted by molar-refractivity contribution is 0.0951. The Morgan fingerprint density at radius 3 is 2.42 bits per heavy atom. The van der Waals surface area contributed by atoms with Crippen molar-refractivity contribution >= 4 is 40.7 Å². The first-order valence-electron chi connectivity index (χ1n) is 5.54. The van der Waals surface area contributed by atoms with E-state index in [1.54, 1.807) is 18.2 Å². The molecule has 0 aliphatic carbocycles. The summed E-state index contributed by atoms with van der Waals surface area (Å²) in [5.41, 5.74) is 1.24. The van der Waals surface area contributed by atoms with Crippen LogP contribution < -0.4 is 5.32 Å². The van der Waals surface area contributed by atoms with Crippen molar-refractivity contribution in [3.63, 3.8) is 0 Å². The molecule has 0 aliphatic heterocycles. The first kappa shape index (κ1) is 14.2. The smallest absolute Gasteiger partial charge is 0.253 e. The van der Waals surface area contributed by atoms with Gasteiger partial charge in [-0.15, -0.1) is 0 Å². The molecule has 2 aromatic rings. The van der Waals surface area contributed by atoms with Gasteiger partial charge in [-0.1, -0.05) is 53.0 Å². The molecule has 0 saturated carbocycles. The number of halogens is 3. The maximum atomic E-state index is 12.0. The fourth-order valence-corrected chi connectivity index (χ4v) is 2.28. The monoisotopic (exact) mass is 313 g/mol. The minimum absolute atomic E-state index is 0.262. The van der Waals surface area contributed by atoms with Crippen LogP contribution in [0, 0.1) is 0 Å². The molecule has 0 fully saturated rings. The third-order valence-corrected chi connectivity index (χ3v) is 3.49. The van der Waals surface area contributed by atoms with Crippen molar-refractivity contribution in [2.75, 3.05) is 0 Å². The van der Waals surface area contributed by atoms with Gasteiger partial charge in [-0.2, -0.15) is 0 Å². The summed E-state index contributed by atoms with van der Waals surface area (Å²) in [7, 11) is 0. The van der Waals surface area contributed by atoms with Gasteiger partial charge in [0.15, 0.2) is 0 Å². The fourth-order valence-electron chi connectivity index (χ4n) is 1.59. The van der Waals surface area contributed by atoms with E-state index in [2.05, 4.69) is 5.32 Å². The second-order valence-electron chi connectivity index (χ2n) is 3.90. The van der Waals surface area contributed by atoms with Crippen LogP contribution in [-0.4, -0.2) is 5.91 Å². The molecule has 0 unspecified atom stereocenters. The van der Waals surface area contributed by atoms with Crippen molar-refractivity contribution in [2.45, 2.75) is 6.54 Å². The predicted molar refractivity (Wildman–Crippen MR) is 79.1 cm³/mol. The van der Waals surface area contributed by atoms with Gasteiger partial charge in [0, 0.05) is 16.6 Å². The summed E-state index contributed by atoms with van der Waals surface area (Å²) in [5, 5.41) is 4.20. The van der Waals surface area contributed by atoms with Crippen LogP contribution in [0.5, 0.6) is 0 Å². The second kappa shape index (κ2) is 6.29. The van der Waals surface area contributed by atoms with Gasteiger partial charge in [0.05, 0.1) is 10.6 Å². The third-order valence-electron chi connectivity index (χ3n) is 2.57. The number of rotatable bonds is 3. The molecular formula is C14H10Cl3NO. The zero-order valence-electron chi connectivity index (χ0n) is 9.79. The average Bonchev–Trinajstić information content (AvgIpc) is 2.37. The summed E-state index contributed by atoms with van der Waals surface area (Å²) in [6.07, 6.45) is 0. The highest BCUT2D eigenvalue weighted by Crippen LogP contribution is 2.21. The third kappa shape index (κ3) is 3.63. The topological polar surface area (TPSA) is 29.1 Å². The summed E-state index contributed by atoms with van der Waals surface area (Å²) in [6.45, 7) is 0.345. The van der Waals surface area contributed by atoms with E-state index in [9.17, 15) is 4.79 Å². The Morgan fingerprint density at radius 1 is 1.00 bits per heavy atom. The molecule has 2 aromatic carbocycles. The molecule has 0 heterocycles. The number of amides is 1. The Balaban J connectivity index is 2.08. The molecule has 0 saturated heterocycles. The number of carbonyl (C=O) groups excluding carboxylic acids is 1. The standard InChI is InChI=1S/C14H10Cl3NO/c15-10-5-6-11(13(17)7-10)14(19)18-8-9-3-1-2-4-12(9)16/h1-7H,8H2,(H,18,19). The number of nitrogens with one attached hydrogen (secondary N) is 1. The Morgan fingerprint density at radius 2 is 1.74 bits per heavy atom. The lowest BCUT2D eigenvalue weighted by atomic mass is 10.2. The summed E-state index contributed by atoms with van der Waals surface area (Å²) in [6, 6.07) is 12.1. The molecule has 0 atom stereocenters. The van der Waals surface area contributed by atoms with Gasteiger partial charge in [0.25, 0.3) is 5.91 Å². The fraction of sp³-hybridized carbons (Fsp3) is 0.0714. The van der Waals surface area contributed by atoms with Gasteiger partial charge in [-0.05, 0) is 29.8 Å². The molecule has 0 aliphatic rings. The van der Waals surface area contributed by atoms with E-state index in [4.69, 9.17) is 34.8 Å². The first-order chi connectivity index (χ1) is 9.08. The summed E-state index contributed by atoms with van der Waals surface area (Å²) in [4.78, 5) is 12.0. The maximum absolute atomic E-state index is 12.0. The molecule has 0 spiro atoms. The number of benzene rings is 2. The summed E-state index contributed by atoms with van der Waals surface area (Å²) >= 11 is 17.8. The van der Waals surface area contributed by atoms with Gasteiger partial charge in [0.2, 0.25) is 0 Å². The predicted octanol–water partition coefficient (Wildman–Crippen LogP) is 4.58. The normalized spacial score (nSPS) is 10.3. The molecule has 2 nitrogen and oxygen atoms in total. The van der Waals surface area contributed by atoms with E-state index in [1.807, 2.05) is 18.2 Å². The van der Waals surface area contributed by atoms with E-state index in [-0.39, 0.29) is 5.91 Å². The molecule has 1 amide bonds. The van der Waals surface area contributed by atoms with Crippen molar-refractivity contribution in [3.05, 3.63) is 68.7 Å². The van der Waals surface area contributed by atoms with Crippen LogP contribution in [-0.2, 0) is 6.54 Å². The molecule has 0 aromatic heterocycles. The molecular weight excluding hydrogens is 305 g/mol. The van der Waals surface area contributed by atoms with Crippen LogP contribution >= 0.6 is 34.8 Å². The van der Waals surface area contributed by atoms with Crippen molar-refractivity contribution < 1.29 is 4.79 Å². The number of hydrogen-bond acceptors (Lipinski definition) is 1. The average molecular weight is 315 g/mol. The summed E-state index contributed by atoms with van der Waals surface area (Å²) in [5.74, 6) is -0.262. The molecule has 1 N–H and O–H groups in total. The second-order valence-corrected chi connectivity index (χ2v) is 5.15. The molecule has 0 radical (unpaired) electrons. The number of carbonyl (C=O) groups is 1. The van der Waals surface area contributed by atoms with Crippen molar-refractivity contribution in [2.24, 2.45) is 0 Å². The van der Waals surface area contributed by atoms with E-state index in [0.29, 0.717) is 27.2 Å². The zero-order valence-corrected chi connectivity index (χ0v) is 12.1. The van der Waals surface area contributed by atoms with E-state index in [1.165, 1.54) is 6.07 Å².